The van der Waals surface area contributed by atoms with Gasteiger partial charge in [0.1, 0.15) is 5.82 Å². The van der Waals surface area contributed by atoms with E-state index in [9.17, 15) is 0 Å². The lowest BCUT2D eigenvalue weighted by Gasteiger charge is -2.31. The highest BCUT2D eigenvalue weighted by Gasteiger charge is 2.20. The van der Waals surface area contributed by atoms with Gasteiger partial charge in [0.2, 0.25) is 0 Å². The van der Waals surface area contributed by atoms with Crippen LogP contribution in [0.5, 0.6) is 0 Å². The van der Waals surface area contributed by atoms with Gasteiger partial charge in [-0.25, -0.2) is 4.98 Å². The van der Waals surface area contributed by atoms with Crippen LogP contribution in [-0.2, 0) is 12.8 Å². The molecule has 2 heterocycles. The number of pyridine rings is 1. The number of hydrogen-bond acceptors (Lipinski definition) is 3. The number of anilines is 2. The number of aromatic nitrogens is 1. The molecule has 1 aromatic heterocycles. The molecule has 0 amide bonds. The molecule has 1 aliphatic heterocycles. The van der Waals surface area contributed by atoms with Crippen LogP contribution in [0.15, 0.2) is 36.5 Å². The van der Waals surface area contributed by atoms with Crippen LogP contribution >= 0.6 is 0 Å². The summed E-state index contributed by atoms with van der Waals surface area (Å²) >= 11 is 0. The Kier molecular flexibility index (Phi) is 3.70. The van der Waals surface area contributed by atoms with Crippen molar-refractivity contribution in [3.05, 3.63) is 53.2 Å². The maximum Gasteiger partial charge on any atom is 0.135 e. The van der Waals surface area contributed by atoms with E-state index in [1.165, 1.54) is 16.8 Å². The molecule has 0 bridgehead atoms. The van der Waals surface area contributed by atoms with Crippen molar-refractivity contribution in [1.29, 1.82) is 0 Å². The highest BCUT2D eigenvalue weighted by molar-refractivity contribution is 5.67. The van der Waals surface area contributed by atoms with Crippen LogP contribution in [0.2, 0.25) is 0 Å². The zero-order valence-electron chi connectivity index (χ0n) is 11.8. The Morgan fingerprint density at radius 1 is 1.30 bits per heavy atom. The molecule has 3 heteroatoms. The molecular weight excluding hydrogens is 248 g/mol. The third-order valence-corrected chi connectivity index (χ3v) is 3.87. The maximum absolute atomic E-state index is 9.02. The largest absolute Gasteiger partial charge is 0.396 e. The van der Waals surface area contributed by atoms with Crippen LogP contribution < -0.4 is 4.90 Å². The van der Waals surface area contributed by atoms with Gasteiger partial charge in [0, 0.05) is 25.0 Å². The van der Waals surface area contributed by atoms with Crippen molar-refractivity contribution in [3.8, 4) is 0 Å². The Balaban J connectivity index is 1.98. The van der Waals surface area contributed by atoms with Gasteiger partial charge in [-0.15, -0.1) is 0 Å². The van der Waals surface area contributed by atoms with Gasteiger partial charge in [-0.2, -0.15) is 0 Å². The number of rotatable bonds is 3. The Morgan fingerprint density at radius 3 is 2.95 bits per heavy atom. The average molecular weight is 268 g/mol. The lowest BCUT2D eigenvalue weighted by Crippen LogP contribution is -2.26. The van der Waals surface area contributed by atoms with E-state index in [1.54, 1.807) is 0 Å². The molecule has 3 nitrogen and oxygen atoms in total. The van der Waals surface area contributed by atoms with E-state index in [4.69, 9.17) is 5.11 Å². The number of nitrogens with zero attached hydrogens (tertiary/aromatic N) is 2. The van der Waals surface area contributed by atoms with Crippen molar-refractivity contribution >= 4 is 11.5 Å². The molecule has 3 rings (SSSR count). The molecule has 20 heavy (non-hydrogen) atoms. The van der Waals surface area contributed by atoms with Crippen molar-refractivity contribution in [2.75, 3.05) is 18.1 Å². The molecule has 0 fully saturated rings. The van der Waals surface area contributed by atoms with Crippen LogP contribution in [0.25, 0.3) is 0 Å². The minimum absolute atomic E-state index is 0.174. The van der Waals surface area contributed by atoms with Crippen molar-refractivity contribution in [1.82, 2.24) is 4.98 Å². The zero-order chi connectivity index (χ0) is 13.9. The first-order valence-corrected chi connectivity index (χ1v) is 7.21. The SMILES string of the molecule is Cc1cc(CCO)cnc1N1CCCc2ccccc21. The summed E-state index contributed by atoms with van der Waals surface area (Å²) in [4.78, 5) is 6.95. The Labute approximate surface area is 119 Å². The number of benzene rings is 1. The maximum atomic E-state index is 9.02. The first kappa shape index (κ1) is 13.1. The van der Waals surface area contributed by atoms with Crippen LogP contribution in [0, 0.1) is 6.92 Å². The molecule has 1 aliphatic rings. The predicted octanol–water partition coefficient (Wildman–Crippen LogP) is 3.01. The number of hydrogen-bond donors (Lipinski definition) is 1. The molecule has 0 spiro atoms. The van der Waals surface area contributed by atoms with E-state index in [2.05, 4.69) is 47.1 Å². The molecule has 104 valence electrons. The van der Waals surface area contributed by atoms with Crippen LogP contribution in [0.1, 0.15) is 23.1 Å². The second-order valence-corrected chi connectivity index (χ2v) is 5.34. The van der Waals surface area contributed by atoms with Crippen molar-refractivity contribution in [2.24, 2.45) is 0 Å². The normalized spacial score (nSPS) is 14.2. The molecule has 0 atom stereocenters. The van der Waals surface area contributed by atoms with Crippen molar-refractivity contribution < 1.29 is 5.11 Å². The van der Waals surface area contributed by atoms with Gasteiger partial charge in [-0.1, -0.05) is 24.3 Å². The van der Waals surface area contributed by atoms with Gasteiger partial charge in [0.25, 0.3) is 0 Å². The first-order chi connectivity index (χ1) is 9.79. The Morgan fingerprint density at radius 2 is 2.15 bits per heavy atom. The first-order valence-electron chi connectivity index (χ1n) is 7.21. The fraction of sp³-hybridized carbons (Fsp3) is 0.353. The molecule has 0 aliphatic carbocycles. The molecule has 0 saturated carbocycles. The molecule has 0 radical (unpaired) electrons. The lowest BCUT2D eigenvalue weighted by atomic mass is 10.0. The van der Waals surface area contributed by atoms with E-state index in [0.717, 1.165) is 30.8 Å². The lowest BCUT2D eigenvalue weighted by molar-refractivity contribution is 0.299. The van der Waals surface area contributed by atoms with Gasteiger partial charge in [-0.05, 0) is 48.9 Å². The Hall–Kier alpha value is -1.87. The van der Waals surface area contributed by atoms with Crippen molar-refractivity contribution in [2.45, 2.75) is 26.2 Å². The second-order valence-electron chi connectivity index (χ2n) is 5.34. The summed E-state index contributed by atoms with van der Waals surface area (Å²) in [5.74, 6) is 1.04. The number of aryl methyl sites for hydroxylation is 2. The van der Waals surface area contributed by atoms with Gasteiger partial charge in [-0.3, -0.25) is 0 Å². The summed E-state index contributed by atoms with van der Waals surface area (Å²) < 4.78 is 0. The third-order valence-electron chi connectivity index (χ3n) is 3.87. The number of aliphatic hydroxyl groups is 1. The monoisotopic (exact) mass is 268 g/mol. The fourth-order valence-corrected chi connectivity index (χ4v) is 2.93. The minimum Gasteiger partial charge on any atom is -0.396 e. The molecule has 0 saturated heterocycles. The molecule has 1 aromatic carbocycles. The van der Waals surface area contributed by atoms with E-state index in [-0.39, 0.29) is 6.61 Å². The van der Waals surface area contributed by atoms with E-state index < -0.39 is 0 Å². The summed E-state index contributed by atoms with van der Waals surface area (Å²) in [6, 6.07) is 10.7. The fourth-order valence-electron chi connectivity index (χ4n) is 2.93. The molecular formula is C17H20N2O. The topological polar surface area (TPSA) is 36.4 Å². The van der Waals surface area contributed by atoms with Crippen molar-refractivity contribution in [3.63, 3.8) is 0 Å². The number of para-hydroxylation sites is 1. The van der Waals surface area contributed by atoms with E-state index >= 15 is 0 Å². The summed E-state index contributed by atoms with van der Waals surface area (Å²) in [6.07, 6.45) is 4.87. The third kappa shape index (κ3) is 2.41. The number of aliphatic hydroxyl groups excluding tert-OH is 1. The smallest absolute Gasteiger partial charge is 0.135 e. The zero-order valence-corrected chi connectivity index (χ0v) is 11.8. The van der Waals surface area contributed by atoms with Crippen LogP contribution in [-0.4, -0.2) is 23.2 Å². The summed E-state index contributed by atoms with van der Waals surface area (Å²) in [6.45, 7) is 3.29. The highest BCUT2D eigenvalue weighted by atomic mass is 16.2. The molecule has 0 unspecified atom stereocenters. The van der Waals surface area contributed by atoms with Crippen LogP contribution in [0.4, 0.5) is 11.5 Å². The molecule has 2 aromatic rings. The van der Waals surface area contributed by atoms with E-state index in [1.807, 2.05) is 6.20 Å². The number of fused-ring (bicyclic) bond motifs is 1. The second kappa shape index (κ2) is 5.63. The standard InChI is InChI=1S/C17H20N2O/c1-13-11-14(8-10-20)12-18-17(13)19-9-4-6-15-5-2-3-7-16(15)19/h2-3,5,7,11-12,20H,4,6,8-10H2,1H3. The van der Waals surface area contributed by atoms with Gasteiger partial charge < -0.3 is 10.0 Å². The summed E-state index contributed by atoms with van der Waals surface area (Å²) in [5.41, 5.74) is 4.95. The van der Waals surface area contributed by atoms with Gasteiger partial charge in [0.05, 0.1) is 0 Å². The van der Waals surface area contributed by atoms with Crippen LogP contribution in [0.3, 0.4) is 0 Å². The highest BCUT2D eigenvalue weighted by Crippen LogP contribution is 2.33. The minimum atomic E-state index is 0.174. The average Bonchev–Trinajstić information content (AvgIpc) is 2.47. The summed E-state index contributed by atoms with van der Waals surface area (Å²) in [7, 11) is 0. The quantitative estimate of drug-likeness (QED) is 0.929. The summed E-state index contributed by atoms with van der Waals surface area (Å²) in [5, 5.41) is 9.02. The van der Waals surface area contributed by atoms with Gasteiger partial charge in [0.15, 0.2) is 0 Å². The molecule has 1 N–H and O–H groups in total. The predicted molar refractivity (Wildman–Crippen MR) is 81.5 cm³/mol. The van der Waals surface area contributed by atoms with Gasteiger partial charge >= 0.3 is 0 Å². The van der Waals surface area contributed by atoms with E-state index in [0.29, 0.717) is 6.42 Å². The Bertz CT molecular complexity index is 610.